The second kappa shape index (κ2) is 17.3. The molecular weight excluding hydrogens is 961 g/mol. The Bertz CT molecular complexity index is 4300. The average Bonchev–Trinajstić information content (AvgIpc) is 4.47. The molecule has 16 aromatic rings. The molecule has 6 aromatic heterocycles. The van der Waals surface area contributed by atoms with E-state index in [0.717, 1.165) is 83.9 Å². The van der Waals surface area contributed by atoms with E-state index < -0.39 is 0 Å². The zero-order chi connectivity index (χ0) is 51.3. The number of fused-ring (bicyclic) bond motifs is 9. The Hall–Kier alpha value is -11.0. The van der Waals surface area contributed by atoms with E-state index in [1.54, 1.807) is 0 Å². The molecule has 16 rings (SSSR count). The van der Waals surface area contributed by atoms with Gasteiger partial charge in [0.2, 0.25) is 0 Å². The Labute approximate surface area is 445 Å². The van der Waals surface area contributed by atoms with E-state index >= 15 is 0 Å². The fraction of sp³-hybridized carbons (Fsp3) is 0. The molecule has 0 atom stereocenters. The molecule has 0 radical (unpaired) electrons. The lowest BCUT2D eigenvalue weighted by Gasteiger charge is -2.09. The predicted molar refractivity (Wildman–Crippen MR) is 311 cm³/mol. The lowest BCUT2D eigenvalue weighted by Crippen LogP contribution is -1.97. The minimum Gasteiger partial charge on any atom is -0.309 e. The summed E-state index contributed by atoms with van der Waals surface area (Å²) in [4.78, 5) is 0. The van der Waals surface area contributed by atoms with Crippen molar-refractivity contribution in [2.75, 3.05) is 0 Å². The summed E-state index contributed by atoms with van der Waals surface area (Å²) in [6.45, 7) is 0. The van der Waals surface area contributed by atoms with Gasteiger partial charge in [-0.3, -0.25) is 0 Å². The summed E-state index contributed by atoms with van der Waals surface area (Å²) in [5, 5.41) is 35.5. The number of benzene rings is 10. The standard InChI is InChI=1S/C66H42N12/c1-7-19-61-52(13-1)53-14-2-8-20-62(53)76(61)49-31-25-46(26-32-49)73-40-58(67-70-73)43-37-44(59-41-74(71-68-59)47-27-33-50(34-28-47)77-63-21-9-3-15-54(63)55-16-4-10-22-64(55)77)39-45(38-43)60-42-75(72-69-60)48-29-35-51(36-30-48)78-65-23-11-5-17-56(65)57-18-6-12-24-66(57)78/h1-42H. The van der Waals surface area contributed by atoms with E-state index in [4.69, 9.17) is 15.3 Å². The number of aromatic nitrogens is 12. The third-order valence-electron chi connectivity index (χ3n) is 15.2. The SMILES string of the molecule is c1ccc2c(c1)c1ccccc1n2-c1ccc(-n2cc(-c3cc(-c4cn(-c5ccc(-n6c7ccccc7c7ccccc76)cc5)nn4)cc(-c4cn(-c5ccc(-n6c7ccccc7c7ccccc76)cc5)nn4)c3)nn2)cc1. The molecular formula is C66H42N12. The summed E-state index contributed by atoms with van der Waals surface area (Å²) in [6.07, 6.45) is 5.89. The van der Waals surface area contributed by atoms with Gasteiger partial charge in [-0.15, -0.1) is 15.3 Å². The van der Waals surface area contributed by atoms with Crippen molar-refractivity contribution in [3.63, 3.8) is 0 Å². The monoisotopic (exact) mass is 1000 g/mol. The number of rotatable bonds is 9. The van der Waals surface area contributed by atoms with Crippen LogP contribution in [0, 0.1) is 0 Å². The van der Waals surface area contributed by atoms with Gasteiger partial charge in [0.25, 0.3) is 0 Å². The fourth-order valence-corrected chi connectivity index (χ4v) is 11.5. The van der Waals surface area contributed by atoms with Gasteiger partial charge in [-0.25, -0.2) is 14.0 Å². The summed E-state index contributed by atoms with van der Waals surface area (Å²) in [6, 6.07) is 82.8. The Morgan fingerprint density at radius 1 is 0.218 bits per heavy atom. The van der Waals surface area contributed by atoms with Crippen LogP contribution in [-0.4, -0.2) is 58.7 Å². The smallest absolute Gasteiger partial charge is 0.113 e. The molecule has 0 saturated heterocycles. The summed E-state index contributed by atoms with van der Waals surface area (Å²) >= 11 is 0. The van der Waals surface area contributed by atoms with Crippen molar-refractivity contribution in [2.45, 2.75) is 0 Å². The lowest BCUT2D eigenvalue weighted by atomic mass is 10.0. The third kappa shape index (κ3) is 6.94. The van der Waals surface area contributed by atoms with Gasteiger partial charge in [-0.05, 0) is 127 Å². The van der Waals surface area contributed by atoms with E-state index in [0.29, 0.717) is 17.1 Å². The van der Waals surface area contributed by atoms with Gasteiger partial charge in [0, 0.05) is 66.1 Å². The van der Waals surface area contributed by atoms with E-state index in [2.05, 4.69) is 266 Å². The molecule has 366 valence electrons. The third-order valence-corrected chi connectivity index (χ3v) is 15.2. The Morgan fingerprint density at radius 3 is 0.654 bits per heavy atom. The number of para-hydroxylation sites is 6. The van der Waals surface area contributed by atoms with Crippen LogP contribution in [-0.2, 0) is 0 Å². The van der Waals surface area contributed by atoms with Crippen LogP contribution in [0.1, 0.15) is 0 Å². The van der Waals surface area contributed by atoms with Crippen molar-refractivity contribution in [3.05, 3.63) is 255 Å². The van der Waals surface area contributed by atoms with Gasteiger partial charge in [0.1, 0.15) is 17.1 Å². The topological polar surface area (TPSA) is 107 Å². The van der Waals surface area contributed by atoms with Crippen molar-refractivity contribution < 1.29 is 0 Å². The maximum Gasteiger partial charge on any atom is 0.113 e. The van der Waals surface area contributed by atoms with E-state index in [-0.39, 0.29) is 0 Å². The van der Waals surface area contributed by atoms with Crippen LogP contribution in [0.5, 0.6) is 0 Å². The summed E-state index contributed by atoms with van der Waals surface area (Å²) in [5.41, 5.74) is 17.4. The predicted octanol–water partition coefficient (Wildman–Crippen LogP) is 14.7. The molecule has 0 aliphatic rings. The van der Waals surface area contributed by atoms with E-state index in [9.17, 15) is 0 Å². The molecule has 0 amide bonds. The molecule has 0 unspecified atom stereocenters. The molecule has 0 aliphatic heterocycles. The summed E-state index contributed by atoms with van der Waals surface area (Å²) in [7, 11) is 0. The first-order chi connectivity index (χ1) is 38.6. The first-order valence-corrected chi connectivity index (χ1v) is 25.9. The van der Waals surface area contributed by atoms with Gasteiger partial charge < -0.3 is 13.7 Å². The van der Waals surface area contributed by atoms with Gasteiger partial charge in [0.05, 0.1) is 68.8 Å². The Morgan fingerprint density at radius 2 is 0.423 bits per heavy atom. The molecule has 78 heavy (non-hydrogen) atoms. The Balaban J connectivity index is 0.749. The maximum absolute atomic E-state index is 4.75. The highest BCUT2D eigenvalue weighted by Crippen LogP contribution is 2.37. The van der Waals surface area contributed by atoms with Crippen LogP contribution in [0.25, 0.3) is 133 Å². The first-order valence-electron chi connectivity index (χ1n) is 25.9. The first kappa shape index (κ1) is 43.4. The molecule has 0 N–H and O–H groups in total. The highest BCUT2D eigenvalue weighted by Gasteiger charge is 2.19. The lowest BCUT2D eigenvalue weighted by molar-refractivity contribution is 0.803. The van der Waals surface area contributed by atoms with Crippen molar-refractivity contribution in [1.29, 1.82) is 0 Å². The van der Waals surface area contributed by atoms with Gasteiger partial charge in [-0.2, -0.15) is 0 Å². The number of hydrogen-bond acceptors (Lipinski definition) is 6. The quantitative estimate of drug-likeness (QED) is 0.143. The molecule has 0 saturated carbocycles. The van der Waals surface area contributed by atoms with Crippen molar-refractivity contribution in [2.24, 2.45) is 0 Å². The number of nitrogens with zero attached hydrogens (tertiary/aromatic N) is 12. The minimum atomic E-state index is 0.686. The summed E-state index contributed by atoms with van der Waals surface area (Å²) < 4.78 is 12.4. The zero-order valence-electron chi connectivity index (χ0n) is 41.6. The molecule has 12 heteroatoms. The molecule has 6 heterocycles. The number of hydrogen-bond donors (Lipinski definition) is 0. The van der Waals surface area contributed by atoms with Crippen LogP contribution in [0.4, 0.5) is 0 Å². The normalized spacial score (nSPS) is 11.8. The van der Waals surface area contributed by atoms with Crippen LogP contribution in [0.3, 0.4) is 0 Å². The van der Waals surface area contributed by atoms with Gasteiger partial charge >= 0.3 is 0 Å². The molecule has 12 nitrogen and oxygen atoms in total. The van der Waals surface area contributed by atoms with Crippen LogP contribution in [0.2, 0.25) is 0 Å². The largest absolute Gasteiger partial charge is 0.309 e. The highest BCUT2D eigenvalue weighted by molar-refractivity contribution is 6.11. The molecule has 10 aromatic carbocycles. The van der Waals surface area contributed by atoms with Crippen molar-refractivity contribution in [1.82, 2.24) is 58.7 Å². The zero-order valence-corrected chi connectivity index (χ0v) is 41.6. The molecule has 0 aliphatic carbocycles. The molecule has 0 fully saturated rings. The van der Waals surface area contributed by atoms with Crippen molar-refractivity contribution in [3.8, 4) is 67.9 Å². The fourth-order valence-electron chi connectivity index (χ4n) is 11.5. The van der Waals surface area contributed by atoms with Gasteiger partial charge in [-0.1, -0.05) is 125 Å². The second-order valence-electron chi connectivity index (χ2n) is 19.6. The van der Waals surface area contributed by atoms with Crippen LogP contribution in [0.15, 0.2) is 255 Å². The minimum absolute atomic E-state index is 0.686. The average molecular weight is 1000 g/mol. The second-order valence-corrected chi connectivity index (χ2v) is 19.6. The Kier molecular flexibility index (Phi) is 9.63. The molecule has 0 spiro atoms. The molecule has 0 bridgehead atoms. The maximum atomic E-state index is 4.75. The van der Waals surface area contributed by atoms with Gasteiger partial charge in [0.15, 0.2) is 0 Å². The van der Waals surface area contributed by atoms with E-state index in [1.807, 2.05) is 32.6 Å². The van der Waals surface area contributed by atoms with E-state index in [1.165, 1.54) is 32.3 Å². The van der Waals surface area contributed by atoms with Crippen molar-refractivity contribution >= 4 is 65.4 Å². The highest BCUT2D eigenvalue weighted by atomic mass is 15.4. The van der Waals surface area contributed by atoms with Crippen LogP contribution >= 0.6 is 0 Å². The van der Waals surface area contributed by atoms with Crippen LogP contribution < -0.4 is 0 Å². The summed E-state index contributed by atoms with van der Waals surface area (Å²) in [5.74, 6) is 0.